The number of rotatable bonds is 4. The average molecular weight is 727 g/mol. The molecule has 2 aliphatic heterocycles. The number of fused-ring (bicyclic) bond motifs is 3. The van der Waals surface area contributed by atoms with Gasteiger partial charge in [-0.15, -0.1) is 0 Å². The first kappa shape index (κ1) is 33.7. The molecule has 1 saturated carbocycles. The van der Waals surface area contributed by atoms with Crippen LogP contribution in [0.2, 0.25) is 0 Å². The number of benzene rings is 1. The molecule has 1 spiro atoms. The van der Waals surface area contributed by atoms with E-state index in [4.69, 9.17) is 10.1 Å². The maximum atomic E-state index is 14.4. The molecule has 0 radical (unpaired) electrons. The minimum absolute atomic E-state index is 0.00153. The molecule has 49 heavy (non-hydrogen) atoms. The summed E-state index contributed by atoms with van der Waals surface area (Å²) in [6, 6.07) is 7.50. The smallest absolute Gasteiger partial charge is 0.245 e. The van der Waals surface area contributed by atoms with Crippen LogP contribution in [0.5, 0.6) is 0 Å². The molecule has 4 aromatic rings. The molecule has 1 amide bonds. The van der Waals surface area contributed by atoms with Gasteiger partial charge >= 0.3 is 0 Å². The number of piperidine rings is 1. The van der Waals surface area contributed by atoms with Crippen molar-refractivity contribution in [3.8, 4) is 11.1 Å². The summed E-state index contributed by atoms with van der Waals surface area (Å²) in [4.78, 5) is 59.2. The van der Waals surface area contributed by atoms with Crippen LogP contribution < -0.4 is 0 Å². The number of carbonyl (C=O) groups is 3. The Morgan fingerprint density at radius 2 is 1.76 bits per heavy atom. The zero-order valence-corrected chi connectivity index (χ0v) is 30.4. The van der Waals surface area contributed by atoms with Crippen molar-refractivity contribution in [2.45, 2.75) is 104 Å². The molecule has 5 heterocycles. The number of halogens is 1. The molecule has 256 valence electrons. The fraction of sp³-hybridized carbons (Fsp3) is 0.500. The SMILES string of the molecule is CC(=O)c1nn(CC(=O)N2[C@H]3C[C@@]4(CCCCCCCN(C)Cc5ccc(Br)nc5CC3=O)C[C@@H]24)c2c(C)cc(-c3cnc(C)nc3)cc12. The summed E-state index contributed by atoms with van der Waals surface area (Å²) in [5.74, 6) is 0.423. The van der Waals surface area contributed by atoms with E-state index in [-0.39, 0.29) is 41.9 Å². The van der Waals surface area contributed by atoms with Gasteiger partial charge in [0.25, 0.3) is 0 Å². The van der Waals surface area contributed by atoms with Crippen LogP contribution in [0, 0.1) is 19.3 Å². The van der Waals surface area contributed by atoms with Crippen LogP contribution in [0.3, 0.4) is 0 Å². The molecule has 2 bridgehead atoms. The first-order valence-electron chi connectivity index (χ1n) is 17.5. The Kier molecular flexibility index (Phi) is 9.25. The van der Waals surface area contributed by atoms with Gasteiger partial charge in [0.1, 0.15) is 22.7 Å². The van der Waals surface area contributed by atoms with E-state index >= 15 is 0 Å². The molecule has 3 atom stereocenters. The van der Waals surface area contributed by atoms with Crippen molar-refractivity contribution in [3.63, 3.8) is 0 Å². The summed E-state index contributed by atoms with van der Waals surface area (Å²) in [6.45, 7) is 7.01. The molecule has 7 rings (SSSR count). The number of hydrogen-bond acceptors (Lipinski definition) is 8. The topological polar surface area (TPSA) is 114 Å². The molecule has 0 N–H and O–H groups in total. The number of hydrogen-bond donors (Lipinski definition) is 0. The van der Waals surface area contributed by atoms with Crippen LogP contribution in [-0.4, -0.2) is 77.7 Å². The second kappa shape index (κ2) is 13.5. The number of Topliss-reactive ketones (excluding diaryl/α,β-unsaturated/α-hetero) is 2. The highest BCUT2D eigenvalue weighted by atomic mass is 79.9. The Morgan fingerprint density at radius 1 is 1.00 bits per heavy atom. The molecule has 3 aromatic heterocycles. The molecular formula is C38H44BrN7O3. The highest BCUT2D eigenvalue weighted by Crippen LogP contribution is 2.62. The van der Waals surface area contributed by atoms with Gasteiger partial charge < -0.3 is 9.80 Å². The first-order valence-corrected chi connectivity index (χ1v) is 18.3. The third-order valence-electron chi connectivity index (χ3n) is 10.9. The van der Waals surface area contributed by atoms with Crippen LogP contribution in [0.25, 0.3) is 22.0 Å². The number of carbonyl (C=O) groups excluding carboxylic acids is 3. The molecule has 1 aliphatic carbocycles. The zero-order valence-electron chi connectivity index (χ0n) is 28.8. The molecule has 10 nitrogen and oxygen atoms in total. The molecule has 1 saturated heterocycles. The number of pyridine rings is 1. The highest BCUT2D eigenvalue weighted by Gasteiger charge is 2.66. The van der Waals surface area contributed by atoms with Crippen molar-refractivity contribution < 1.29 is 14.4 Å². The molecule has 0 unspecified atom stereocenters. The number of ketones is 2. The fourth-order valence-electron chi connectivity index (χ4n) is 8.29. The van der Waals surface area contributed by atoms with E-state index in [9.17, 15) is 14.4 Å². The Balaban J connectivity index is 1.21. The van der Waals surface area contributed by atoms with Gasteiger partial charge in [-0.3, -0.25) is 19.1 Å². The summed E-state index contributed by atoms with van der Waals surface area (Å²) in [6.07, 6.45) is 12.3. The highest BCUT2D eigenvalue weighted by molar-refractivity contribution is 9.10. The number of aromatic nitrogens is 5. The lowest BCUT2D eigenvalue weighted by Gasteiger charge is -2.27. The number of nitrogens with zero attached hydrogens (tertiary/aromatic N) is 7. The van der Waals surface area contributed by atoms with Crippen molar-refractivity contribution in [3.05, 3.63) is 69.6 Å². The minimum atomic E-state index is -0.506. The van der Waals surface area contributed by atoms with E-state index in [2.05, 4.69) is 43.9 Å². The standard InChI is InChI=1S/C38H44BrN7O3/c1-23-14-27(28-19-40-25(3)41-20-28)15-29-36(24(2)47)43-45(37(23)29)22-35(49)46-31-17-38(18-33(38)46)12-8-6-5-7-9-13-44(4)21-26-10-11-34(39)42-30(26)16-32(31)48/h10-11,14-15,19-20,31,33H,5-9,12-13,16-18,21-22H2,1-4H3/t31-,33+,38-/m0/s1. The van der Waals surface area contributed by atoms with Crippen molar-refractivity contribution in [2.24, 2.45) is 5.41 Å². The summed E-state index contributed by atoms with van der Waals surface area (Å²) < 4.78 is 2.37. The third-order valence-corrected chi connectivity index (χ3v) is 11.3. The van der Waals surface area contributed by atoms with Crippen molar-refractivity contribution >= 4 is 44.3 Å². The van der Waals surface area contributed by atoms with Gasteiger partial charge in [-0.05, 0) is 109 Å². The van der Waals surface area contributed by atoms with Crippen molar-refractivity contribution in [1.29, 1.82) is 0 Å². The Hall–Kier alpha value is -3.83. The Labute approximate surface area is 295 Å². The van der Waals surface area contributed by atoms with E-state index in [0.29, 0.717) is 27.9 Å². The summed E-state index contributed by atoms with van der Waals surface area (Å²) >= 11 is 3.52. The van der Waals surface area contributed by atoms with Gasteiger partial charge in [0.05, 0.1) is 23.7 Å². The predicted octanol–water partition coefficient (Wildman–Crippen LogP) is 6.43. The third kappa shape index (κ3) is 6.71. The Morgan fingerprint density at radius 3 is 2.53 bits per heavy atom. The quantitative estimate of drug-likeness (QED) is 0.175. The van der Waals surface area contributed by atoms with Crippen LogP contribution >= 0.6 is 15.9 Å². The number of likely N-dealkylation sites (tertiary alicyclic amines) is 1. The molecule has 1 aromatic carbocycles. The average Bonchev–Trinajstić information content (AvgIpc) is 3.46. The fourth-order valence-corrected chi connectivity index (χ4v) is 8.64. The largest absolute Gasteiger partial charge is 0.327 e. The van der Waals surface area contributed by atoms with Gasteiger partial charge in [-0.2, -0.15) is 5.10 Å². The molecular weight excluding hydrogens is 682 g/mol. The lowest BCUT2D eigenvalue weighted by molar-refractivity contribution is -0.139. The van der Waals surface area contributed by atoms with Gasteiger partial charge in [0.2, 0.25) is 5.91 Å². The van der Waals surface area contributed by atoms with E-state index < -0.39 is 6.04 Å². The lowest BCUT2D eigenvalue weighted by Crippen LogP contribution is -2.45. The van der Waals surface area contributed by atoms with Gasteiger partial charge in [0, 0.05) is 42.9 Å². The molecule has 3 aliphatic rings. The minimum Gasteiger partial charge on any atom is -0.327 e. The van der Waals surface area contributed by atoms with Crippen LogP contribution in [0.15, 0.2) is 41.3 Å². The summed E-state index contributed by atoms with van der Waals surface area (Å²) in [5, 5.41) is 5.41. The predicted molar refractivity (Wildman–Crippen MR) is 191 cm³/mol. The Bertz CT molecular complexity index is 1940. The monoisotopic (exact) mass is 725 g/mol. The van der Waals surface area contributed by atoms with Crippen molar-refractivity contribution in [2.75, 3.05) is 13.6 Å². The maximum Gasteiger partial charge on any atom is 0.245 e. The van der Waals surface area contributed by atoms with E-state index in [1.807, 2.05) is 36.9 Å². The molecule has 11 heteroatoms. The van der Waals surface area contributed by atoms with Crippen LogP contribution in [-0.2, 0) is 29.1 Å². The second-order valence-corrected chi connectivity index (χ2v) is 15.3. The zero-order chi connectivity index (χ0) is 34.4. The summed E-state index contributed by atoms with van der Waals surface area (Å²) in [5.41, 5.74) is 5.51. The second-order valence-electron chi connectivity index (χ2n) is 14.5. The van der Waals surface area contributed by atoms with Gasteiger partial charge in [-0.1, -0.05) is 31.7 Å². The summed E-state index contributed by atoms with van der Waals surface area (Å²) in [7, 11) is 2.13. The van der Waals surface area contributed by atoms with Crippen molar-refractivity contribution in [1.82, 2.24) is 34.5 Å². The first-order chi connectivity index (χ1) is 23.5. The number of amides is 1. The number of aryl methyl sites for hydroxylation is 2. The normalized spacial score (nSPS) is 23.4. The molecule has 2 fully saturated rings. The van der Waals surface area contributed by atoms with Crippen LogP contribution in [0.1, 0.15) is 91.4 Å². The van der Waals surface area contributed by atoms with E-state index in [1.54, 1.807) is 17.1 Å². The van der Waals surface area contributed by atoms with Crippen LogP contribution in [0.4, 0.5) is 0 Å². The lowest BCUT2D eigenvalue weighted by atomic mass is 9.90. The van der Waals surface area contributed by atoms with Gasteiger partial charge in [0.15, 0.2) is 11.6 Å². The van der Waals surface area contributed by atoms with E-state index in [0.717, 1.165) is 72.2 Å². The van der Waals surface area contributed by atoms with Gasteiger partial charge in [-0.25, -0.2) is 15.0 Å². The maximum absolute atomic E-state index is 14.4. The van der Waals surface area contributed by atoms with E-state index in [1.165, 1.54) is 26.2 Å².